The number of carboxylic acid groups (broad SMARTS) is 1. The van der Waals surface area contributed by atoms with Crippen LogP contribution in [-0.4, -0.2) is 47.8 Å². The van der Waals surface area contributed by atoms with Gasteiger partial charge in [-0.3, -0.25) is 19.4 Å². The van der Waals surface area contributed by atoms with Crippen molar-refractivity contribution in [2.24, 2.45) is 0 Å². The number of carbonyl (C=O) groups is 1. The van der Waals surface area contributed by atoms with Crippen LogP contribution in [0.5, 0.6) is 0 Å². The van der Waals surface area contributed by atoms with Gasteiger partial charge in [0.1, 0.15) is 4.83 Å². The Morgan fingerprint density at radius 3 is 2.35 bits per heavy atom. The first-order chi connectivity index (χ1) is 12.4. The van der Waals surface area contributed by atoms with Crippen molar-refractivity contribution in [2.75, 3.05) is 27.4 Å². The standard InChI is InChI=1S/C15H22N4O6S/c1-9-10(8-16-17-14(21)22)26-13-11(9)12(20)18(4-6-24-2)15(23)19(13)5-7-25-3/h16-17H,4-8H2,1-3H3,(H,21,22). The van der Waals surface area contributed by atoms with E-state index in [9.17, 15) is 14.4 Å². The average Bonchev–Trinajstić information content (AvgIpc) is 2.91. The largest absolute Gasteiger partial charge is 0.464 e. The second kappa shape index (κ2) is 8.94. The van der Waals surface area contributed by atoms with Gasteiger partial charge in [0.25, 0.3) is 5.56 Å². The van der Waals surface area contributed by atoms with Crippen molar-refractivity contribution in [3.63, 3.8) is 0 Å². The molecular weight excluding hydrogens is 364 g/mol. The molecule has 0 spiro atoms. The molecule has 144 valence electrons. The van der Waals surface area contributed by atoms with Crippen LogP contribution in [0.4, 0.5) is 4.79 Å². The minimum atomic E-state index is -1.21. The van der Waals surface area contributed by atoms with Gasteiger partial charge >= 0.3 is 11.8 Å². The van der Waals surface area contributed by atoms with Gasteiger partial charge in [0.15, 0.2) is 0 Å². The third kappa shape index (κ3) is 4.12. The number of aromatic nitrogens is 2. The van der Waals surface area contributed by atoms with Crippen LogP contribution in [0.3, 0.4) is 0 Å². The normalized spacial score (nSPS) is 11.2. The summed E-state index contributed by atoms with van der Waals surface area (Å²) < 4.78 is 12.7. The molecule has 0 unspecified atom stereocenters. The summed E-state index contributed by atoms with van der Waals surface area (Å²) in [5, 5.41) is 9.10. The molecule has 10 nitrogen and oxygen atoms in total. The Hall–Kier alpha value is -2.21. The molecule has 2 rings (SSSR count). The van der Waals surface area contributed by atoms with Crippen LogP contribution in [0.1, 0.15) is 10.4 Å². The topological polar surface area (TPSA) is 124 Å². The number of amides is 1. The third-order valence-electron chi connectivity index (χ3n) is 3.88. The molecule has 0 fully saturated rings. The van der Waals surface area contributed by atoms with E-state index in [-0.39, 0.29) is 25.3 Å². The highest BCUT2D eigenvalue weighted by Gasteiger charge is 2.19. The van der Waals surface area contributed by atoms with Crippen molar-refractivity contribution >= 4 is 27.6 Å². The lowest BCUT2D eigenvalue weighted by Gasteiger charge is -2.11. The second-order valence-corrected chi connectivity index (χ2v) is 6.57. The molecule has 0 saturated heterocycles. The van der Waals surface area contributed by atoms with E-state index in [4.69, 9.17) is 14.6 Å². The SMILES string of the molecule is COCCn1c(=O)c2c(C)c(CNNC(=O)O)sc2n(CCOC)c1=O. The average molecular weight is 386 g/mol. The molecular formula is C15H22N4O6S. The molecule has 0 radical (unpaired) electrons. The van der Waals surface area contributed by atoms with Gasteiger partial charge in [-0.1, -0.05) is 0 Å². The number of hydrogen-bond acceptors (Lipinski definition) is 7. The van der Waals surface area contributed by atoms with Crippen LogP contribution in [-0.2, 0) is 29.1 Å². The molecule has 0 aliphatic heterocycles. The Kier molecular flexibility index (Phi) is 6.91. The molecule has 0 bridgehead atoms. The van der Waals surface area contributed by atoms with E-state index >= 15 is 0 Å². The van der Waals surface area contributed by atoms with Gasteiger partial charge in [-0.25, -0.2) is 15.0 Å². The lowest BCUT2D eigenvalue weighted by molar-refractivity contribution is 0.179. The number of ether oxygens (including phenoxy) is 2. The van der Waals surface area contributed by atoms with Gasteiger partial charge in [-0.15, -0.1) is 11.3 Å². The lowest BCUT2D eigenvalue weighted by Crippen LogP contribution is -2.41. The summed E-state index contributed by atoms with van der Waals surface area (Å²) in [6.45, 7) is 3.00. The highest BCUT2D eigenvalue weighted by atomic mass is 32.1. The maximum Gasteiger partial charge on any atom is 0.419 e. The number of aryl methyl sites for hydroxylation is 1. The minimum absolute atomic E-state index is 0.153. The van der Waals surface area contributed by atoms with E-state index in [0.29, 0.717) is 28.9 Å². The molecule has 3 N–H and O–H groups in total. The van der Waals surface area contributed by atoms with Crippen LogP contribution in [0.2, 0.25) is 0 Å². The first-order valence-electron chi connectivity index (χ1n) is 7.87. The summed E-state index contributed by atoms with van der Waals surface area (Å²) in [6.07, 6.45) is -1.21. The van der Waals surface area contributed by atoms with Gasteiger partial charge in [-0.05, 0) is 12.5 Å². The number of fused-ring (bicyclic) bond motifs is 1. The predicted octanol–water partition coefficient (Wildman–Crippen LogP) is 0.0981. The summed E-state index contributed by atoms with van der Waals surface area (Å²) in [6, 6.07) is 0. The lowest BCUT2D eigenvalue weighted by atomic mass is 10.2. The smallest absolute Gasteiger partial charge is 0.419 e. The van der Waals surface area contributed by atoms with E-state index in [1.165, 1.54) is 30.1 Å². The Labute approximate surface area is 152 Å². The van der Waals surface area contributed by atoms with Crippen LogP contribution < -0.4 is 22.1 Å². The highest BCUT2D eigenvalue weighted by Crippen LogP contribution is 2.27. The van der Waals surface area contributed by atoms with E-state index in [2.05, 4.69) is 10.9 Å². The van der Waals surface area contributed by atoms with Gasteiger partial charge in [-0.2, -0.15) is 0 Å². The van der Waals surface area contributed by atoms with Crippen molar-refractivity contribution in [2.45, 2.75) is 26.6 Å². The van der Waals surface area contributed by atoms with Gasteiger partial charge in [0.05, 0.1) is 31.7 Å². The number of thiophene rings is 1. The van der Waals surface area contributed by atoms with Crippen LogP contribution in [0.15, 0.2) is 9.59 Å². The molecule has 0 saturated carbocycles. The summed E-state index contributed by atoms with van der Waals surface area (Å²) in [4.78, 5) is 37.5. The molecule has 0 aliphatic rings. The number of hydrogen-bond donors (Lipinski definition) is 3. The van der Waals surface area contributed by atoms with Crippen molar-refractivity contribution < 1.29 is 19.4 Å². The molecule has 2 heterocycles. The van der Waals surface area contributed by atoms with Gasteiger partial charge < -0.3 is 14.6 Å². The number of methoxy groups -OCH3 is 2. The zero-order valence-electron chi connectivity index (χ0n) is 14.8. The van der Waals surface area contributed by atoms with Crippen LogP contribution in [0.25, 0.3) is 10.2 Å². The fourth-order valence-electron chi connectivity index (χ4n) is 2.57. The molecule has 26 heavy (non-hydrogen) atoms. The quantitative estimate of drug-likeness (QED) is 0.522. The molecule has 1 amide bonds. The molecule has 2 aromatic heterocycles. The van der Waals surface area contributed by atoms with E-state index < -0.39 is 11.8 Å². The Morgan fingerprint density at radius 1 is 1.15 bits per heavy atom. The second-order valence-electron chi connectivity index (χ2n) is 5.49. The number of nitrogens with zero attached hydrogens (tertiary/aromatic N) is 2. The van der Waals surface area contributed by atoms with Crippen molar-refractivity contribution in [3.8, 4) is 0 Å². The van der Waals surface area contributed by atoms with Gasteiger partial charge in [0, 0.05) is 25.6 Å². The van der Waals surface area contributed by atoms with Crippen molar-refractivity contribution in [1.29, 1.82) is 0 Å². The first-order valence-corrected chi connectivity index (χ1v) is 8.69. The zero-order valence-corrected chi connectivity index (χ0v) is 15.6. The van der Waals surface area contributed by atoms with E-state index in [1.54, 1.807) is 6.92 Å². The molecule has 2 aromatic rings. The number of rotatable bonds is 9. The summed E-state index contributed by atoms with van der Waals surface area (Å²) in [5.41, 5.74) is 4.56. The molecule has 11 heteroatoms. The maximum absolute atomic E-state index is 12.8. The van der Waals surface area contributed by atoms with E-state index in [1.807, 2.05) is 0 Å². The van der Waals surface area contributed by atoms with Crippen molar-refractivity contribution in [3.05, 3.63) is 31.3 Å². The van der Waals surface area contributed by atoms with Gasteiger partial charge in [0.2, 0.25) is 0 Å². The summed E-state index contributed by atoms with van der Waals surface area (Å²) >= 11 is 1.28. The number of nitrogens with one attached hydrogen (secondary N) is 2. The molecule has 0 aromatic carbocycles. The maximum atomic E-state index is 12.8. The fraction of sp³-hybridized carbons (Fsp3) is 0.533. The third-order valence-corrected chi connectivity index (χ3v) is 5.19. The summed E-state index contributed by atoms with van der Waals surface area (Å²) in [5.74, 6) is 0. The van der Waals surface area contributed by atoms with E-state index in [0.717, 1.165) is 9.44 Å². The predicted molar refractivity (Wildman–Crippen MR) is 96.8 cm³/mol. The Bertz CT molecular complexity index is 900. The Balaban J connectivity index is 2.59. The monoisotopic (exact) mass is 386 g/mol. The highest BCUT2D eigenvalue weighted by molar-refractivity contribution is 7.18. The Morgan fingerprint density at radius 2 is 1.77 bits per heavy atom. The zero-order chi connectivity index (χ0) is 19.3. The van der Waals surface area contributed by atoms with Crippen LogP contribution in [0, 0.1) is 6.92 Å². The molecule has 0 atom stereocenters. The first kappa shape index (κ1) is 20.1. The molecule has 0 aliphatic carbocycles. The number of hydrazine groups is 1. The van der Waals surface area contributed by atoms with Crippen molar-refractivity contribution in [1.82, 2.24) is 20.0 Å². The minimum Gasteiger partial charge on any atom is -0.464 e. The summed E-state index contributed by atoms with van der Waals surface area (Å²) in [7, 11) is 3.04. The fourth-order valence-corrected chi connectivity index (χ4v) is 3.82. The van der Waals surface area contributed by atoms with Crippen LogP contribution >= 0.6 is 11.3 Å².